The van der Waals surface area contributed by atoms with Crippen molar-refractivity contribution >= 4 is 35.6 Å². The molecule has 0 saturated carbocycles. The van der Waals surface area contributed by atoms with E-state index in [1.165, 1.54) is 55.1 Å². The highest BCUT2D eigenvalue weighted by Crippen LogP contribution is 2.43. The fourth-order valence-electron chi connectivity index (χ4n) is 4.15. The zero-order valence-electron chi connectivity index (χ0n) is 27.7. The van der Waals surface area contributed by atoms with E-state index in [2.05, 4.69) is 21.1 Å². The average molecular weight is 673 g/mol. The van der Waals surface area contributed by atoms with Gasteiger partial charge in [-0.05, 0) is 37.1 Å². The van der Waals surface area contributed by atoms with Gasteiger partial charge in [0.25, 0.3) is 11.8 Å². The Morgan fingerprint density at radius 1 is 0.596 bits per heavy atom. The number of hydrazone groups is 2. The van der Waals surface area contributed by atoms with Crippen LogP contribution in [0.4, 0.5) is 0 Å². The van der Waals surface area contributed by atoms with Crippen LogP contribution in [-0.4, -0.2) is 80.1 Å². The number of ether oxygens (including phenoxy) is 8. The van der Waals surface area contributed by atoms with Gasteiger partial charge in [0.1, 0.15) is 9.75 Å². The van der Waals surface area contributed by atoms with Crippen LogP contribution < -0.4 is 48.7 Å². The summed E-state index contributed by atoms with van der Waals surface area (Å²) >= 11 is 0.895. The van der Waals surface area contributed by atoms with Crippen molar-refractivity contribution in [3.63, 3.8) is 0 Å². The molecule has 15 heteroatoms. The fraction of sp³-hybridized carbons (Fsp3) is 0.375. The average Bonchev–Trinajstić information content (AvgIpc) is 3.46. The highest BCUT2D eigenvalue weighted by Gasteiger charge is 2.29. The van der Waals surface area contributed by atoms with Gasteiger partial charge in [0.15, 0.2) is 34.5 Å². The summed E-state index contributed by atoms with van der Waals surface area (Å²) in [4.78, 5) is 27.0. The summed E-state index contributed by atoms with van der Waals surface area (Å²) < 4.78 is 44.1. The van der Waals surface area contributed by atoms with Gasteiger partial charge in [0.2, 0.25) is 11.5 Å². The summed E-state index contributed by atoms with van der Waals surface area (Å²) in [7, 11) is 9.00. The van der Waals surface area contributed by atoms with Crippen molar-refractivity contribution in [2.75, 3.05) is 55.9 Å². The zero-order chi connectivity index (χ0) is 34.3. The van der Waals surface area contributed by atoms with Crippen LogP contribution in [0.25, 0.3) is 0 Å². The Kier molecular flexibility index (Phi) is 14.0. The van der Waals surface area contributed by atoms with Gasteiger partial charge >= 0.3 is 0 Å². The third kappa shape index (κ3) is 8.97. The molecule has 1 heterocycles. The van der Waals surface area contributed by atoms with E-state index in [9.17, 15) is 9.59 Å². The van der Waals surface area contributed by atoms with E-state index >= 15 is 0 Å². The van der Waals surface area contributed by atoms with Crippen LogP contribution in [0.1, 0.15) is 57.2 Å². The van der Waals surface area contributed by atoms with Gasteiger partial charge in [-0.3, -0.25) is 9.59 Å². The number of thiophene rings is 1. The second-order valence-electron chi connectivity index (χ2n) is 9.43. The number of benzene rings is 2. The number of methoxy groups -OCH3 is 6. The highest BCUT2D eigenvalue weighted by molar-refractivity contribution is 7.16. The van der Waals surface area contributed by atoms with Gasteiger partial charge in [-0.25, -0.2) is 10.9 Å². The smallest absolute Gasteiger partial charge is 0.285 e. The maximum absolute atomic E-state index is 13.4. The van der Waals surface area contributed by atoms with Crippen molar-refractivity contribution < 1.29 is 47.5 Å². The Morgan fingerprint density at radius 2 is 0.936 bits per heavy atom. The van der Waals surface area contributed by atoms with E-state index in [-0.39, 0.29) is 34.5 Å². The van der Waals surface area contributed by atoms with Crippen LogP contribution in [0, 0.1) is 0 Å². The summed E-state index contributed by atoms with van der Waals surface area (Å²) in [6.45, 7) is 4.42. The number of nitrogens with one attached hydrogen (secondary N) is 2. The number of hydrogen-bond acceptors (Lipinski definition) is 13. The third-order valence-electron chi connectivity index (χ3n) is 6.27. The Labute approximate surface area is 277 Å². The number of carbonyl (C=O) groups excluding carboxylic acids is 2. The number of amides is 2. The quantitative estimate of drug-likeness (QED) is 0.141. The van der Waals surface area contributed by atoms with Gasteiger partial charge in [-0.1, -0.05) is 13.8 Å². The number of nitrogens with zero attached hydrogens (tertiary/aromatic N) is 2. The Bertz CT molecular complexity index is 1420. The minimum Gasteiger partial charge on any atom is -0.493 e. The molecule has 2 N–H and O–H groups in total. The summed E-state index contributed by atoms with van der Waals surface area (Å²) in [5.74, 6) is 1.62. The molecule has 14 nitrogen and oxygen atoms in total. The molecule has 254 valence electrons. The summed E-state index contributed by atoms with van der Waals surface area (Å²) in [5.41, 5.74) is 6.14. The van der Waals surface area contributed by atoms with Crippen LogP contribution >= 0.6 is 11.3 Å². The molecule has 0 aliphatic heterocycles. The van der Waals surface area contributed by atoms with E-state index in [1.807, 2.05) is 13.8 Å². The molecule has 47 heavy (non-hydrogen) atoms. The molecule has 0 fully saturated rings. The molecule has 3 aromatic rings. The van der Waals surface area contributed by atoms with Crippen molar-refractivity contribution in [3.05, 3.63) is 45.1 Å². The second kappa shape index (κ2) is 18.1. The normalized spacial score (nSPS) is 10.9. The van der Waals surface area contributed by atoms with Crippen LogP contribution in [0.15, 0.2) is 34.5 Å². The molecule has 0 spiro atoms. The summed E-state index contributed by atoms with van der Waals surface area (Å²) in [6, 6.07) is 6.71. The van der Waals surface area contributed by atoms with Crippen molar-refractivity contribution in [2.24, 2.45) is 10.2 Å². The second-order valence-corrected chi connectivity index (χ2v) is 10.5. The lowest BCUT2D eigenvalue weighted by atomic mass is 10.2. The van der Waals surface area contributed by atoms with Crippen LogP contribution in [-0.2, 0) is 0 Å². The molecule has 0 aliphatic rings. The first kappa shape index (κ1) is 36.3. The molecule has 1 aromatic heterocycles. The number of carbonyl (C=O) groups is 2. The molecule has 2 amide bonds. The fourth-order valence-corrected chi connectivity index (χ4v) is 5.12. The Balaban J connectivity index is 1.91. The minimum absolute atomic E-state index is 0.102. The zero-order valence-corrected chi connectivity index (χ0v) is 28.5. The van der Waals surface area contributed by atoms with Crippen molar-refractivity contribution in [3.8, 4) is 46.0 Å². The Hall–Kier alpha value is -5.18. The maximum atomic E-state index is 13.4. The van der Waals surface area contributed by atoms with Gasteiger partial charge < -0.3 is 37.9 Å². The van der Waals surface area contributed by atoms with Crippen LogP contribution in [0.5, 0.6) is 46.0 Å². The van der Waals surface area contributed by atoms with Crippen LogP contribution in [0.3, 0.4) is 0 Å². The van der Waals surface area contributed by atoms with E-state index in [0.717, 1.165) is 11.3 Å². The van der Waals surface area contributed by atoms with Crippen molar-refractivity contribution in [2.45, 2.75) is 26.7 Å². The molecule has 0 atom stereocenters. The molecule has 0 radical (unpaired) electrons. The van der Waals surface area contributed by atoms with Gasteiger partial charge in [0, 0.05) is 11.1 Å². The third-order valence-corrected chi connectivity index (χ3v) is 7.42. The monoisotopic (exact) mass is 672 g/mol. The van der Waals surface area contributed by atoms with Crippen molar-refractivity contribution in [1.82, 2.24) is 10.9 Å². The van der Waals surface area contributed by atoms with Crippen LogP contribution in [0.2, 0.25) is 0 Å². The summed E-state index contributed by atoms with van der Waals surface area (Å²) in [5, 5.41) is 8.19. The molecule has 3 rings (SSSR count). The predicted octanol–water partition coefficient (Wildman–Crippen LogP) is 4.91. The first-order valence-corrected chi connectivity index (χ1v) is 15.3. The number of rotatable bonds is 18. The largest absolute Gasteiger partial charge is 0.493 e. The maximum Gasteiger partial charge on any atom is 0.285 e. The topological polar surface area (TPSA) is 157 Å². The Morgan fingerprint density at radius 3 is 1.21 bits per heavy atom. The first-order chi connectivity index (χ1) is 22.8. The van der Waals surface area contributed by atoms with Gasteiger partial charge in [-0.15, -0.1) is 11.3 Å². The SMILES string of the molecule is CCCOc1c(C(=O)N/N=C\c2cc(OC)c(OC)c(OC)c2)sc(C(=O)N/N=C/c2cc(OC)c(OC)c(OC)c2)c1OCCC. The van der Waals surface area contributed by atoms with Crippen molar-refractivity contribution in [1.29, 1.82) is 0 Å². The first-order valence-electron chi connectivity index (χ1n) is 14.5. The molecule has 2 aromatic carbocycles. The molecule has 0 bridgehead atoms. The molecular weight excluding hydrogens is 632 g/mol. The van der Waals surface area contributed by atoms with E-state index < -0.39 is 11.8 Å². The lowest BCUT2D eigenvalue weighted by Crippen LogP contribution is -2.17. The molecule has 0 aliphatic carbocycles. The number of hydrogen-bond donors (Lipinski definition) is 2. The minimum atomic E-state index is -0.605. The standard InChI is InChI=1S/C32H40N4O10S/c1-9-11-45-27-28(46-12-10-2)30(32(38)36-34-18-20-15-23(41-5)26(44-8)24(16-20)42-6)47-29(27)31(37)35-33-17-19-13-21(39-3)25(43-7)22(14-19)40-4/h13-18H,9-12H2,1-8H3,(H,35,37)(H,36,38)/b33-17-,34-18+. The van der Waals surface area contributed by atoms with E-state index in [1.54, 1.807) is 24.3 Å². The van der Waals surface area contributed by atoms with E-state index in [4.69, 9.17) is 37.9 Å². The lowest BCUT2D eigenvalue weighted by molar-refractivity contribution is 0.0945. The molecule has 0 unspecified atom stereocenters. The molecular formula is C32H40N4O10S. The lowest BCUT2D eigenvalue weighted by Gasteiger charge is -2.12. The van der Waals surface area contributed by atoms with E-state index in [0.29, 0.717) is 58.5 Å². The molecule has 0 saturated heterocycles. The van der Waals surface area contributed by atoms with Gasteiger partial charge in [0.05, 0.1) is 68.3 Å². The highest BCUT2D eigenvalue weighted by atomic mass is 32.1. The summed E-state index contributed by atoms with van der Waals surface area (Å²) in [6.07, 6.45) is 4.15. The predicted molar refractivity (Wildman–Crippen MR) is 178 cm³/mol. The van der Waals surface area contributed by atoms with Gasteiger partial charge in [-0.2, -0.15) is 10.2 Å².